The number of nitrogens with one attached hydrogen (secondary N) is 1. The van der Waals surface area contributed by atoms with Gasteiger partial charge in [-0.3, -0.25) is 14.4 Å². The normalized spacial score (nSPS) is 17.0. The molecule has 1 atom stereocenters. The van der Waals surface area contributed by atoms with E-state index in [1.165, 1.54) is 9.80 Å². The molecule has 0 unspecified atom stereocenters. The molecule has 138 valence electrons. The molecule has 0 radical (unpaired) electrons. The van der Waals surface area contributed by atoms with E-state index in [0.29, 0.717) is 25.4 Å². The third-order valence-electron chi connectivity index (χ3n) is 4.33. The van der Waals surface area contributed by atoms with Crippen molar-refractivity contribution in [3.8, 4) is 0 Å². The number of hydrogen-bond donors (Lipinski definition) is 1. The van der Waals surface area contributed by atoms with Crippen molar-refractivity contribution in [2.24, 2.45) is 5.41 Å². The van der Waals surface area contributed by atoms with E-state index < -0.39 is 11.8 Å². The number of furan rings is 1. The van der Waals surface area contributed by atoms with Gasteiger partial charge in [-0.05, 0) is 31.4 Å². The molecule has 1 N–H and O–H groups in total. The van der Waals surface area contributed by atoms with Crippen LogP contribution < -0.4 is 5.32 Å². The van der Waals surface area contributed by atoms with Gasteiger partial charge in [-0.2, -0.15) is 0 Å². The van der Waals surface area contributed by atoms with Crippen LogP contribution in [0.15, 0.2) is 16.5 Å². The predicted octanol–water partition coefficient (Wildman–Crippen LogP) is 1.48. The Kier molecular flexibility index (Phi) is 5.55. The van der Waals surface area contributed by atoms with Gasteiger partial charge in [0.15, 0.2) is 0 Å². The van der Waals surface area contributed by atoms with E-state index in [2.05, 4.69) is 5.32 Å². The molecule has 1 saturated heterocycles. The van der Waals surface area contributed by atoms with E-state index in [1.54, 1.807) is 0 Å². The summed E-state index contributed by atoms with van der Waals surface area (Å²) in [5.41, 5.74) is -0.263. The Morgan fingerprint density at radius 1 is 1.20 bits per heavy atom. The lowest BCUT2D eigenvalue weighted by molar-refractivity contribution is -0.156. The van der Waals surface area contributed by atoms with E-state index in [1.807, 2.05) is 46.8 Å². The number of rotatable bonds is 5. The van der Waals surface area contributed by atoms with Gasteiger partial charge >= 0.3 is 11.8 Å². The number of piperazine rings is 1. The first-order valence-electron chi connectivity index (χ1n) is 8.57. The van der Waals surface area contributed by atoms with Gasteiger partial charge in [-0.15, -0.1) is 0 Å². The molecular weight excluding hydrogens is 322 g/mol. The maximum absolute atomic E-state index is 12.5. The average Bonchev–Trinajstić information content (AvgIpc) is 2.94. The number of carbonyl (C=O) groups excluding carboxylic acids is 3. The number of amides is 3. The highest BCUT2D eigenvalue weighted by molar-refractivity contribution is 6.35. The first kappa shape index (κ1) is 19.0. The minimum Gasteiger partial charge on any atom is -0.464 e. The van der Waals surface area contributed by atoms with Gasteiger partial charge in [0, 0.05) is 19.6 Å². The zero-order valence-electron chi connectivity index (χ0n) is 15.6. The molecule has 7 heteroatoms. The van der Waals surface area contributed by atoms with Gasteiger partial charge in [-0.25, -0.2) is 0 Å². The molecule has 1 aromatic rings. The molecule has 0 bridgehead atoms. The Hall–Kier alpha value is -2.31. The van der Waals surface area contributed by atoms with Crippen molar-refractivity contribution < 1.29 is 18.8 Å². The van der Waals surface area contributed by atoms with Crippen LogP contribution in [0.4, 0.5) is 0 Å². The highest BCUT2D eigenvalue weighted by atomic mass is 16.3. The lowest BCUT2D eigenvalue weighted by Gasteiger charge is -2.34. The summed E-state index contributed by atoms with van der Waals surface area (Å²) < 4.78 is 5.67. The molecule has 1 aliphatic rings. The fourth-order valence-electron chi connectivity index (χ4n) is 2.87. The van der Waals surface area contributed by atoms with Crippen molar-refractivity contribution in [1.29, 1.82) is 0 Å². The first-order valence-corrected chi connectivity index (χ1v) is 8.57. The van der Waals surface area contributed by atoms with Crippen LogP contribution in [0.25, 0.3) is 0 Å². The third-order valence-corrected chi connectivity index (χ3v) is 4.33. The highest BCUT2D eigenvalue weighted by Gasteiger charge is 2.35. The minimum absolute atomic E-state index is 0.131. The second-order valence-electron chi connectivity index (χ2n) is 7.43. The van der Waals surface area contributed by atoms with Crippen LogP contribution in [-0.4, -0.2) is 53.7 Å². The summed E-state index contributed by atoms with van der Waals surface area (Å²) in [5.74, 6) is -0.0217. The monoisotopic (exact) mass is 349 g/mol. The van der Waals surface area contributed by atoms with E-state index in [9.17, 15) is 14.4 Å². The van der Waals surface area contributed by atoms with E-state index in [-0.39, 0.29) is 23.9 Å². The van der Waals surface area contributed by atoms with E-state index in [0.717, 1.165) is 5.76 Å². The Morgan fingerprint density at radius 2 is 1.80 bits per heavy atom. The van der Waals surface area contributed by atoms with E-state index >= 15 is 0 Å². The van der Waals surface area contributed by atoms with Gasteiger partial charge in [-0.1, -0.05) is 20.8 Å². The number of hydrogen-bond acceptors (Lipinski definition) is 4. The molecule has 0 spiro atoms. The molecule has 25 heavy (non-hydrogen) atoms. The molecule has 0 saturated carbocycles. The smallest absolute Gasteiger partial charge is 0.312 e. The number of nitrogens with zero attached hydrogens (tertiary/aromatic N) is 2. The lowest BCUT2D eigenvalue weighted by atomic mass is 9.85. The Bertz CT molecular complexity index is 660. The van der Waals surface area contributed by atoms with Gasteiger partial charge in [0.2, 0.25) is 5.91 Å². The summed E-state index contributed by atoms with van der Waals surface area (Å²) in [5, 5.41) is 2.94. The highest BCUT2D eigenvalue weighted by Crippen LogP contribution is 2.33. The van der Waals surface area contributed by atoms with Crippen molar-refractivity contribution in [2.45, 2.75) is 40.7 Å². The van der Waals surface area contributed by atoms with Crippen molar-refractivity contribution >= 4 is 17.7 Å². The van der Waals surface area contributed by atoms with Crippen molar-refractivity contribution in [3.63, 3.8) is 0 Å². The Labute approximate surface area is 148 Å². The fraction of sp³-hybridized carbons (Fsp3) is 0.611. The minimum atomic E-state index is -0.621. The quantitative estimate of drug-likeness (QED) is 0.816. The summed E-state index contributed by atoms with van der Waals surface area (Å²) in [7, 11) is 0. The maximum Gasteiger partial charge on any atom is 0.312 e. The molecule has 2 heterocycles. The van der Waals surface area contributed by atoms with Gasteiger partial charge < -0.3 is 19.5 Å². The van der Waals surface area contributed by atoms with E-state index in [4.69, 9.17) is 4.42 Å². The largest absolute Gasteiger partial charge is 0.464 e. The summed E-state index contributed by atoms with van der Waals surface area (Å²) in [4.78, 5) is 39.3. The summed E-state index contributed by atoms with van der Waals surface area (Å²) in [6.07, 6.45) is 0. The van der Waals surface area contributed by atoms with Crippen LogP contribution >= 0.6 is 0 Å². The molecule has 2 rings (SSSR count). The lowest BCUT2D eigenvalue weighted by Crippen LogP contribution is -2.56. The van der Waals surface area contributed by atoms with Gasteiger partial charge in [0.05, 0.1) is 6.04 Å². The molecule has 1 aromatic heterocycles. The molecule has 3 amide bonds. The maximum atomic E-state index is 12.5. The molecule has 1 aliphatic heterocycles. The first-order chi connectivity index (χ1) is 11.6. The average molecular weight is 349 g/mol. The fourth-order valence-corrected chi connectivity index (χ4v) is 2.87. The molecule has 1 fully saturated rings. The predicted molar refractivity (Wildman–Crippen MR) is 92.6 cm³/mol. The summed E-state index contributed by atoms with van der Waals surface area (Å²) in [6.45, 7) is 10.9. The molecule has 0 aromatic carbocycles. The van der Waals surface area contributed by atoms with Crippen molar-refractivity contribution in [3.05, 3.63) is 23.7 Å². The Balaban J connectivity index is 2.05. The van der Waals surface area contributed by atoms with Crippen LogP contribution in [0, 0.1) is 12.3 Å². The van der Waals surface area contributed by atoms with Crippen LogP contribution in [0.5, 0.6) is 0 Å². The molecule has 7 nitrogen and oxygen atoms in total. The van der Waals surface area contributed by atoms with Crippen molar-refractivity contribution in [1.82, 2.24) is 15.1 Å². The number of aryl methyl sites for hydroxylation is 1. The van der Waals surface area contributed by atoms with Gasteiger partial charge in [0.1, 0.15) is 18.1 Å². The topological polar surface area (TPSA) is 82.9 Å². The standard InChI is InChI=1S/C18H27N3O4/c1-6-20-9-10-21(17(24)16(20)23)11-14(22)19-15(18(3,4)5)13-8-7-12(2)25-13/h7-8,15H,6,9-11H2,1-5H3,(H,19,22)/t15-/m0/s1. The van der Waals surface area contributed by atoms with Crippen molar-refractivity contribution in [2.75, 3.05) is 26.2 Å². The number of carbonyl (C=O) groups is 3. The third kappa shape index (κ3) is 4.41. The second-order valence-corrected chi connectivity index (χ2v) is 7.43. The zero-order chi connectivity index (χ0) is 18.8. The van der Waals surface area contributed by atoms with Crippen LogP contribution in [0.1, 0.15) is 45.3 Å². The summed E-state index contributed by atoms with van der Waals surface area (Å²) >= 11 is 0. The van der Waals surface area contributed by atoms with Crippen LogP contribution in [0.3, 0.4) is 0 Å². The SMILES string of the molecule is CCN1CCN(CC(=O)N[C@@H](c2ccc(C)o2)C(C)(C)C)C(=O)C1=O. The zero-order valence-corrected chi connectivity index (χ0v) is 15.6. The summed E-state index contributed by atoms with van der Waals surface area (Å²) in [6, 6.07) is 3.38. The van der Waals surface area contributed by atoms with Gasteiger partial charge in [0.25, 0.3) is 0 Å². The van der Waals surface area contributed by atoms with Crippen LogP contribution in [-0.2, 0) is 14.4 Å². The van der Waals surface area contributed by atoms with Crippen LogP contribution in [0.2, 0.25) is 0 Å². The Morgan fingerprint density at radius 3 is 2.32 bits per heavy atom. The molecular formula is C18H27N3O4. The second kappa shape index (κ2) is 7.29. The molecule has 0 aliphatic carbocycles. The number of likely N-dealkylation sites (N-methyl/N-ethyl adjacent to an activating group) is 1.